The summed E-state index contributed by atoms with van der Waals surface area (Å²) in [4.78, 5) is 47.5. The summed E-state index contributed by atoms with van der Waals surface area (Å²) in [5, 5.41) is 34.3. The number of nitrogens with one attached hydrogen (secondary N) is 3. The molecule has 29 heavy (non-hydrogen) atoms. The van der Waals surface area contributed by atoms with E-state index in [0.717, 1.165) is 0 Å². The van der Waals surface area contributed by atoms with Crippen molar-refractivity contribution in [2.75, 3.05) is 13.2 Å². The third-order valence-corrected chi connectivity index (χ3v) is 4.00. The highest BCUT2D eigenvalue weighted by Gasteiger charge is 2.28. The van der Waals surface area contributed by atoms with Crippen LogP contribution in [0.4, 0.5) is 0 Å². The summed E-state index contributed by atoms with van der Waals surface area (Å²) in [7, 11) is 0. The zero-order valence-corrected chi connectivity index (χ0v) is 15.9. The van der Waals surface area contributed by atoms with Crippen molar-refractivity contribution in [2.24, 2.45) is 5.73 Å². The maximum Gasteiger partial charge on any atom is 0.326 e. The predicted octanol–water partition coefficient (Wildman–Crippen LogP) is -2.90. The number of carbonyl (C=O) groups excluding carboxylic acids is 3. The minimum atomic E-state index is -1.43. The molecule has 0 saturated carbocycles. The molecular formula is C18H26N4O7. The Morgan fingerprint density at radius 3 is 2.00 bits per heavy atom. The number of aliphatic carboxylic acids is 1. The molecule has 160 valence electrons. The summed E-state index contributed by atoms with van der Waals surface area (Å²) in [6.45, 7) is -0.0783. The first-order valence-corrected chi connectivity index (χ1v) is 8.84. The van der Waals surface area contributed by atoms with Gasteiger partial charge < -0.3 is 37.0 Å². The third kappa shape index (κ3) is 7.86. The SMILES string of the molecule is C[C@H](NC(=O)[C@@H](N)CO)C(=O)N[C@@H](CO)C(=O)N[C@@H](Cc1ccccc1)C(=O)O. The number of carboxylic acids is 1. The molecule has 0 heterocycles. The number of hydrogen-bond donors (Lipinski definition) is 7. The van der Waals surface area contributed by atoms with E-state index in [4.69, 9.17) is 10.8 Å². The Balaban J connectivity index is 2.70. The van der Waals surface area contributed by atoms with E-state index in [1.807, 2.05) is 0 Å². The van der Waals surface area contributed by atoms with Crippen molar-refractivity contribution >= 4 is 23.7 Å². The summed E-state index contributed by atoms with van der Waals surface area (Å²) >= 11 is 0. The van der Waals surface area contributed by atoms with E-state index in [9.17, 15) is 29.4 Å². The fraction of sp³-hybridized carbons (Fsp3) is 0.444. The van der Waals surface area contributed by atoms with Gasteiger partial charge >= 0.3 is 5.97 Å². The summed E-state index contributed by atoms with van der Waals surface area (Å²) in [6.07, 6.45) is 0.0134. The lowest BCUT2D eigenvalue weighted by Gasteiger charge is -2.22. The fourth-order valence-corrected chi connectivity index (χ4v) is 2.28. The van der Waals surface area contributed by atoms with Gasteiger partial charge in [-0.25, -0.2) is 4.79 Å². The zero-order valence-electron chi connectivity index (χ0n) is 15.9. The Hall–Kier alpha value is -3.02. The summed E-state index contributed by atoms with van der Waals surface area (Å²) in [5.74, 6) is -3.74. The van der Waals surface area contributed by atoms with Crippen LogP contribution < -0.4 is 21.7 Å². The van der Waals surface area contributed by atoms with E-state index >= 15 is 0 Å². The summed E-state index contributed by atoms with van der Waals surface area (Å²) in [5.41, 5.74) is 6.02. The monoisotopic (exact) mass is 410 g/mol. The second-order valence-corrected chi connectivity index (χ2v) is 6.35. The van der Waals surface area contributed by atoms with E-state index in [2.05, 4.69) is 16.0 Å². The molecule has 0 unspecified atom stereocenters. The molecule has 11 heteroatoms. The van der Waals surface area contributed by atoms with Crippen molar-refractivity contribution in [1.82, 2.24) is 16.0 Å². The Labute approximate surface area is 167 Å². The van der Waals surface area contributed by atoms with E-state index in [1.54, 1.807) is 30.3 Å². The number of carboxylic acid groups (broad SMARTS) is 1. The van der Waals surface area contributed by atoms with Crippen molar-refractivity contribution in [3.8, 4) is 0 Å². The van der Waals surface area contributed by atoms with Crippen molar-refractivity contribution < 1.29 is 34.5 Å². The first-order chi connectivity index (χ1) is 13.7. The van der Waals surface area contributed by atoms with Gasteiger partial charge in [0.05, 0.1) is 13.2 Å². The number of aliphatic hydroxyl groups is 2. The van der Waals surface area contributed by atoms with E-state index in [-0.39, 0.29) is 6.42 Å². The zero-order chi connectivity index (χ0) is 22.0. The molecule has 0 aliphatic heterocycles. The maximum atomic E-state index is 12.3. The van der Waals surface area contributed by atoms with Gasteiger partial charge in [0.2, 0.25) is 17.7 Å². The normalized spacial score (nSPS) is 14.8. The van der Waals surface area contributed by atoms with Crippen LogP contribution in [0.3, 0.4) is 0 Å². The number of aliphatic hydroxyl groups excluding tert-OH is 2. The van der Waals surface area contributed by atoms with Gasteiger partial charge in [0.15, 0.2) is 0 Å². The van der Waals surface area contributed by atoms with E-state index in [0.29, 0.717) is 5.56 Å². The number of amides is 3. The molecule has 0 bridgehead atoms. The molecular weight excluding hydrogens is 384 g/mol. The fourth-order valence-electron chi connectivity index (χ4n) is 2.28. The molecule has 0 radical (unpaired) electrons. The smallest absolute Gasteiger partial charge is 0.326 e. The third-order valence-electron chi connectivity index (χ3n) is 4.00. The highest BCUT2D eigenvalue weighted by atomic mass is 16.4. The van der Waals surface area contributed by atoms with Crippen LogP contribution in [-0.2, 0) is 25.6 Å². The quantitative estimate of drug-likeness (QED) is 0.202. The maximum absolute atomic E-state index is 12.3. The lowest BCUT2D eigenvalue weighted by Crippen LogP contribution is -2.57. The Bertz CT molecular complexity index is 713. The second-order valence-electron chi connectivity index (χ2n) is 6.35. The number of nitrogens with two attached hydrogens (primary N) is 1. The first-order valence-electron chi connectivity index (χ1n) is 8.84. The first kappa shape index (κ1) is 24.0. The Morgan fingerprint density at radius 1 is 0.897 bits per heavy atom. The van der Waals surface area contributed by atoms with Crippen molar-refractivity contribution in [1.29, 1.82) is 0 Å². The van der Waals surface area contributed by atoms with Crippen LogP contribution in [0.2, 0.25) is 0 Å². The van der Waals surface area contributed by atoms with Crippen molar-refractivity contribution in [3.05, 3.63) is 35.9 Å². The molecule has 0 fully saturated rings. The molecule has 1 aromatic rings. The molecule has 1 aromatic carbocycles. The molecule has 11 nitrogen and oxygen atoms in total. The minimum Gasteiger partial charge on any atom is -0.480 e. The predicted molar refractivity (Wildman–Crippen MR) is 101 cm³/mol. The molecule has 3 amide bonds. The van der Waals surface area contributed by atoms with Crippen LogP contribution in [0.15, 0.2) is 30.3 Å². The van der Waals surface area contributed by atoms with Crippen LogP contribution in [0.25, 0.3) is 0 Å². The van der Waals surface area contributed by atoms with E-state index in [1.165, 1.54) is 6.92 Å². The van der Waals surface area contributed by atoms with E-state index < -0.39 is 61.1 Å². The number of hydrogen-bond acceptors (Lipinski definition) is 7. The van der Waals surface area contributed by atoms with Gasteiger partial charge in [-0.1, -0.05) is 30.3 Å². The van der Waals surface area contributed by atoms with Gasteiger partial charge in [-0.2, -0.15) is 0 Å². The highest BCUT2D eigenvalue weighted by molar-refractivity contribution is 5.94. The van der Waals surface area contributed by atoms with Crippen molar-refractivity contribution in [3.63, 3.8) is 0 Å². The Kier molecular flexibility index (Phi) is 9.72. The second kappa shape index (κ2) is 11.7. The van der Waals surface area contributed by atoms with Gasteiger partial charge in [0.1, 0.15) is 24.2 Å². The van der Waals surface area contributed by atoms with Crippen molar-refractivity contribution in [2.45, 2.75) is 37.5 Å². The molecule has 0 aromatic heterocycles. The highest BCUT2D eigenvalue weighted by Crippen LogP contribution is 2.04. The van der Waals surface area contributed by atoms with Gasteiger partial charge in [0.25, 0.3) is 0 Å². The molecule has 4 atom stereocenters. The van der Waals surface area contributed by atoms with Crippen LogP contribution in [-0.4, -0.2) is 76.4 Å². The molecule has 0 aliphatic carbocycles. The number of rotatable bonds is 11. The van der Waals surface area contributed by atoms with Crippen LogP contribution in [0.5, 0.6) is 0 Å². The largest absolute Gasteiger partial charge is 0.480 e. The Morgan fingerprint density at radius 2 is 1.48 bits per heavy atom. The molecule has 8 N–H and O–H groups in total. The lowest BCUT2D eigenvalue weighted by molar-refractivity contribution is -0.142. The average molecular weight is 410 g/mol. The van der Waals surface area contributed by atoms with Gasteiger partial charge in [0, 0.05) is 6.42 Å². The lowest BCUT2D eigenvalue weighted by atomic mass is 10.1. The number of benzene rings is 1. The molecule has 0 aliphatic rings. The molecule has 0 saturated heterocycles. The average Bonchev–Trinajstić information content (AvgIpc) is 2.70. The van der Waals surface area contributed by atoms with Crippen LogP contribution in [0, 0.1) is 0 Å². The standard InChI is InChI=1S/C18H26N4O7/c1-10(20-16(26)12(19)8-23)15(25)22-14(9-24)17(27)21-13(18(28)29)7-11-5-3-2-4-6-11/h2-6,10,12-14,23-24H,7-9,19H2,1H3,(H,20,26)(H,21,27)(H,22,25)(H,28,29)/t10-,12-,13-,14-/m0/s1. The number of carbonyl (C=O) groups is 4. The topological polar surface area (TPSA) is 191 Å². The van der Waals surface area contributed by atoms with Crippen LogP contribution in [0.1, 0.15) is 12.5 Å². The summed E-state index contributed by atoms with van der Waals surface area (Å²) in [6, 6.07) is 3.61. The molecule has 1 rings (SSSR count). The van der Waals surface area contributed by atoms with Gasteiger partial charge in [-0.05, 0) is 12.5 Å². The molecule has 0 spiro atoms. The minimum absolute atomic E-state index is 0.0134. The van der Waals surface area contributed by atoms with Gasteiger partial charge in [-0.3, -0.25) is 14.4 Å². The summed E-state index contributed by atoms with van der Waals surface area (Å²) < 4.78 is 0. The van der Waals surface area contributed by atoms with Gasteiger partial charge in [-0.15, -0.1) is 0 Å². The van der Waals surface area contributed by atoms with Crippen LogP contribution >= 0.6 is 0 Å².